The van der Waals surface area contributed by atoms with Gasteiger partial charge in [0.2, 0.25) is 0 Å². The maximum Gasteiger partial charge on any atom is 0.128 e. The summed E-state index contributed by atoms with van der Waals surface area (Å²) in [7, 11) is 0. The number of rotatable bonds is 3. The Morgan fingerprint density at radius 3 is 2.81 bits per heavy atom. The van der Waals surface area contributed by atoms with Crippen molar-refractivity contribution in [3.05, 3.63) is 53.2 Å². The Labute approximate surface area is 94.5 Å². The third-order valence-electron chi connectivity index (χ3n) is 2.52. The molecule has 0 aromatic carbocycles. The van der Waals surface area contributed by atoms with Gasteiger partial charge in [-0.15, -0.1) is 0 Å². The molecule has 2 heterocycles. The van der Waals surface area contributed by atoms with Gasteiger partial charge in [-0.05, 0) is 37.1 Å². The Balaban J connectivity index is 2.41. The number of nitrogens with two attached hydrogens (primary N) is 1. The summed E-state index contributed by atoms with van der Waals surface area (Å²) < 4.78 is 5.34. The molecule has 0 saturated heterocycles. The van der Waals surface area contributed by atoms with Gasteiger partial charge in [0.15, 0.2) is 0 Å². The van der Waals surface area contributed by atoms with Crippen LogP contribution < -0.4 is 11.3 Å². The van der Waals surface area contributed by atoms with Gasteiger partial charge in [-0.2, -0.15) is 0 Å². The largest absolute Gasteiger partial charge is 0.467 e. The minimum absolute atomic E-state index is 0.199. The van der Waals surface area contributed by atoms with Crippen LogP contribution in [0.5, 0.6) is 0 Å². The minimum atomic E-state index is -0.199. The van der Waals surface area contributed by atoms with Crippen molar-refractivity contribution in [2.45, 2.75) is 19.9 Å². The number of aromatic nitrogens is 1. The highest BCUT2D eigenvalue weighted by molar-refractivity contribution is 5.29. The second kappa shape index (κ2) is 4.47. The van der Waals surface area contributed by atoms with Crippen LogP contribution in [-0.4, -0.2) is 4.98 Å². The Kier molecular flexibility index (Phi) is 3.03. The van der Waals surface area contributed by atoms with E-state index in [0.29, 0.717) is 0 Å². The first-order chi connectivity index (χ1) is 7.72. The van der Waals surface area contributed by atoms with Crippen LogP contribution in [0.3, 0.4) is 0 Å². The number of nitrogens with one attached hydrogen (secondary N) is 1. The van der Waals surface area contributed by atoms with Gasteiger partial charge in [0, 0.05) is 6.20 Å². The predicted molar refractivity (Wildman–Crippen MR) is 61.6 cm³/mol. The number of hydrazine groups is 1. The van der Waals surface area contributed by atoms with E-state index in [2.05, 4.69) is 16.5 Å². The average molecular weight is 217 g/mol. The molecule has 0 radical (unpaired) electrons. The normalized spacial score (nSPS) is 12.7. The summed E-state index contributed by atoms with van der Waals surface area (Å²) in [4.78, 5) is 4.40. The van der Waals surface area contributed by atoms with Gasteiger partial charge in [0.05, 0.1) is 12.0 Å². The second-order valence-electron chi connectivity index (χ2n) is 3.83. The second-order valence-corrected chi connectivity index (χ2v) is 3.83. The molecule has 0 fully saturated rings. The van der Waals surface area contributed by atoms with Gasteiger partial charge < -0.3 is 4.42 Å². The van der Waals surface area contributed by atoms with Crippen LogP contribution in [0.4, 0.5) is 0 Å². The lowest BCUT2D eigenvalue weighted by atomic mass is 10.1. The van der Waals surface area contributed by atoms with Gasteiger partial charge in [-0.3, -0.25) is 10.8 Å². The zero-order chi connectivity index (χ0) is 11.5. The van der Waals surface area contributed by atoms with E-state index in [1.807, 2.05) is 32.2 Å². The Morgan fingerprint density at radius 2 is 2.25 bits per heavy atom. The van der Waals surface area contributed by atoms with Crippen molar-refractivity contribution in [1.82, 2.24) is 10.4 Å². The van der Waals surface area contributed by atoms with E-state index in [0.717, 1.165) is 22.6 Å². The van der Waals surface area contributed by atoms with E-state index in [1.54, 1.807) is 6.26 Å². The SMILES string of the molecule is Cc1cnc(C(NN)c2ccco2)c(C)c1. The van der Waals surface area contributed by atoms with Crippen LogP contribution in [0.15, 0.2) is 35.1 Å². The topological polar surface area (TPSA) is 64.1 Å². The van der Waals surface area contributed by atoms with E-state index in [-0.39, 0.29) is 6.04 Å². The highest BCUT2D eigenvalue weighted by atomic mass is 16.3. The van der Waals surface area contributed by atoms with Crippen LogP contribution in [0, 0.1) is 13.8 Å². The Hall–Kier alpha value is -1.65. The number of pyridine rings is 1. The molecule has 0 spiro atoms. The van der Waals surface area contributed by atoms with E-state index in [1.165, 1.54) is 0 Å². The van der Waals surface area contributed by atoms with Crippen molar-refractivity contribution in [2.75, 3.05) is 0 Å². The number of aryl methyl sites for hydroxylation is 2. The molecule has 0 amide bonds. The fourth-order valence-corrected chi connectivity index (χ4v) is 1.78. The van der Waals surface area contributed by atoms with Crippen LogP contribution >= 0.6 is 0 Å². The zero-order valence-electron chi connectivity index (χ0n) is 9.40. The van der Waals surface area contributed by atoms with Crippen molar-refractivity contribution in [1.29, 1.82) is 0 Å². The Bertz CT molecular complexity index is 465. The molecule has 2 rings (SSSR count). The third-order valence-corrected chi connectivity index (χ3v) is 2.52. The van der Waals surface area contributed by atoms with E-state index in [4.69, 9.17) is 10.3 Å². The first kappa shape index (κ1) is 10.9. The lowest BCUT2D eigenvalue weighted by Crippen LogP contribution is -2.29. The van der Waals surface area contributed by atoms with Crippen molar-refractivity contribution in [2.24, 2.45) is 5.84 Å². The number of furan rings is 1. The maximum atomic E-state index is 5.55. The fourth-order valence-electron chi connectivity index (χ4n) is 1.78. The monoisotopic (exact) mass is 217 g/mol. The first-order valence-electron chi connectivity index (χ1n) is 5.15. The standard InChI is InChI=1S/C12H15N3O/c1-8-6-9(2)11(14-7-8)12(15-13)10-4-3-5-16-10/h3-7,12,15H,13H2,1-2H3. The molecule has 3 N–H and O–H groups in total. The molecule has 2 aromatic rings. The summed E-state index contributed by atoms with van der Waals surface area (Å²) in [6, 6.07) is 5.60. The molecule has 0 aliphatic heterocycles. The van der Waals surface area contributed by atoms with Crippen molar-refractivity contribution in [3.63, 3.8) is 0 Å². The molecule has 4 heteroatoms. The molecule has 0 bridgehead atoms. The lowest BCUT2D eigenvalue weighted by Gasteiger charge is -2.15. The molecule has 1 unspecified atom stereocenters. The molecule has 1 atom stereocenters. The molecular formula is C12H15N3O. The highest BCUT2D eigenvalue weighted by Gasteiger charge is 2.18. The van der Waals surface area contributed by atoms with Crippen LogP contribution in [0.2, 0.25) is 0 Å². The molecule has 0 aliphatic rings. The number of hydrogen-bond acceptors (Lipinski definition) is 4. The molecule has 0 saturated carbocycles. The summed E-state index contributed by atoms with van der Waals surface area (Å²) >= 11 is 0. The van der Waals surface area contributed by atoms with Crippen LogP contribution in [0.25, 0.3) is 0 Å². The molecule has 2 aromatic heterocycles. The fraction of sp³-hybridized carbons (Fsp3) is 0.250. The summed E-state index contributed by atoms with van der Waals surface area (Å²) in [5.41, 5.74) is 5.85. The Morgan fingerprint density at radius 1 is 1.44 bits per heavy atom. The smallest absolute Gasteiger partial charge is 0.128 e. The highest BCUT2D eigenvalue weighted by Crippen LogP contribution is 2.22. The molecule has 0 aliphatic carbocycles. The minimum Gasteiger partial charge on any atom is -0.467 e. The van der Waals surface area contributed by atoms with Crippen molar-refractivity contribution >= 4 is 0 Å². The third kappa shape index (κ3) is 1.98. The van der Waals surface area contributed by atoms with Crippen LogP contribution in [0.1, 0.15) is 28.6 Å². The van der Waals surface area contributed by atoms with Gasteiger partial charge >= 0.3 is 0 Å². The molecule has 84 valence electrons. The maximum absolute atomic E-state index is 5.55. The van der Waals surface area contributed by atoms with Crippen molar-refractivity contribution in [3.8, 4) is 0 Å². The van der Waals surface area contributed by atoms with Gasteiger partial charge in [-0.25, -0.2) is 5.43 Å². The molecule has 16 heavy (non-hydrogen) atoms. The number of hydrogen-bond donors (Lipinski definition) is 2. The average Bonchev–Trinajstić information content (AvgIpc) is 2.75. The van der Waals surface area contributed by atoms with Gasteiger partial charge in [0.1, 0.15) is 11.8 Å². The van der Waals surface area contributed by atoms with Crippen molar-refractivity contribution < 1.29 is 4.42 Å². The predicted octanol–water partition coefficient (Wildman–Crippen LogP) is 1.84. The summed E-state index contributed by atoms with van der Waals surface area (Å²) in [6.07, 6.45) is 3.46. The molecular weight excluding hydrogens is 202 g/mol. The van der Waals surface area contributed by atoms with Crippen LogP contribution in [-0.2, 0) is 0 Å². The lowest BCUT2D eigenvalue weighted by molar-refractivity contribution is 0.446. The quantitative estimate of drug-likeness (QED) is 0.608. The number of nitrogens with zero attached hydrogens (tertiary/aromatic N) is 1. The van der Waals surface area contributed by atoms with Gasteiger partial charge in [0.25, 0.3) is 0 Å². The van der Waals surface area contributed by atoms with E-state index < -0.39 is 0 Å². The van der Waals surface area contributed by atoms with E-state index >= 15 is 0 Å². The van der Waals surface area contributed by atoms with E-state index in [9.17, 15) is 0 Å². The van der Waals surface area contributed by atoms with Gasteiger partial charge in [-0.1, -0.05) is 6.07 Å². The first-order valence-corrected chi connectivity index (χ1v) is 5.15. The zero-order valence-corrected chi connectivity index (χ0v) is 9.40. The summed E-state index contributed by atoms with van der Waals surface area (Å²) in [5.74, 6) is 6.32. The summed E-state index contributed by atoms with van der Waals surface area (Å²) in [5, 5.41) is 0. The summed E-state index contributed by atoms with van der Waals surface area (Å²) in [6.45, 7) is 4.03. The molecule has 4 nitrogen and oxygen atoms in total.